The maximum absolute atomic E-state index is 15.0. The summed E-state index contributed by atoms with van der Waals surface area (Å²) in [6.07, 6.45) is -1.20. The molecule has 3 rings (SSSR count). The Morgan fingerprint density at radius 1 is 1.25 bits per heavy atom. The lowest BCUT2D eigenvalue weighted by molar-refractivity contribution is 0.0689. The van der Waals surface area contributed by atoms with E-state index in [1.54, 1.807) is 11.8 Å². The van der Waals surface area contributed by atoms with E-state index in [2.05, 4.69) is 15.3 Å². The number of piperidine rings is 1. The molecule has 0 radical (unpaired) electrons. The van der Waals surface area contributed by atoms with Gasteiger partial charge >= 0.3 is 5.97 Å². The standard InChI is InChI=1S/C20H22Cl2FN5O4/c1-9-15(21)16(22)17(24-9)18(29)26-12-4-5-28(8-11(12)23)10-6-13(19(30)27(2)3)25-14(7-10)20(31)32/h6-7,11-12,24H,4-5,8H2,1-3H3,(H,26,29)(H,31,32)/t11-,12+/m0/s1. The first-order valence-electron chi connectivity index (χ1n) is 9.70. The number of hydrogen-bond donors (Lipinski definition) is 3. The Kier molecular flexibility index (Phi) is 6.94. The van der Waals surface area contributed by atoms with Crippen LogP contribution >= 0.6 is 23.2 Å². The molecule has 2 amide bonds. The van der Waals surface area contributed by atoms with Crippen LogP contribution in [0.5, 0.6) is 0 Å². The molecule has 1 saturated heterocycles. The molecule has 0 aromatic carbocycles. The highest BCUT2D eigenvalue weighted by atomic mass is 35.5. The highest BCUT2D eigenvalue weighted by Crippen LogP contribution is 2.30. The van der Waals surface area contributed by atoms with E-state index < -0.39 is 30.0 Å². The highest BCUT2D eigenvalue weighted by Gasteiger charge is 2.32. The molecule has 3 heterocycles. The van der Waals surface area contributed by atoms with Crippen molar-refractivity contribution in [2.75, 3.05) is 32.1 Å². The molecule has 3 N–H and O–H groups in total. The number of nitrogens with zero attached hydrogens (tertiary/aromatic N) is 3. The number of rotatable bonds is 5. The number of carbonyl (C=O) groups excluding carboxylic acids is 2. The lowest BCUT2D eigenvalue weighted by atomic mass is 10.0. The van der Waals surface area contributed by atoms with Crippen molar-refractivity contribution < 1.29 is 23.9 Å². The van der Waals surface area contributed by atoms with Gasteiger partial charge in [0.15, 0.2) is 5.69 Å². The second-order valence-corrected chi connectivity index (χ2v) is 8.44. The average molecular weight is 486 g/mol. The number of amides is 2. The molecular weight excluding hydrogens is 464 g/mol. The van der Waals surface area contributed by atoms with Crippen molar-refractivity contribution in [2.24, 2.45) is 0 Å². The number of halogens is 3. The minimum atomic E-state index is -1.45. The van der Waals surface area contributed by atoms with Gasteiger partial charge in [0.25, 0.3) is 11.8 Å². The summed E-state index contributed by atoms with van der Waals surface area (Å²) < 4.78 is 15.0. The molecule has 2 aromatic rings. The van der Waals surface area contributed by atoms with E-state index in [1.165, 1.54) is 31.1 Å². The zero-order chi connectivity index (χ0) is 23.7. The van der Waals surface area contributed by atoms with Gasteiger partial charge in [0.1, 0.15) is 17.6 Å². The summed E-state index contributed by atoms with van der Waals surface area (Å²) in [6.45, 7) is 1.88. The van der Waals surface area contributed by atoms with E-state index in [-0.39, 0.29) is 40.1 Å². The first-order chi connectivity index (χ1) is 15.0. The van der Waals surface area contributed by atoms with E-state index in [9.17, 15) is 23.9 Å². The van der Waals surface area contributed by atoms with Crippen LogP contribution in [0.4, 0.5) is 10.1 Å². The molecule has 0 spiro atoms. The van der Waals surface area contributed by atoms with Gasteiger partial charge in [0.2, 0.25) is 0 Å². The predicted molar refractivity (Wildman–Crippen MR) is 118 cm³/mol. The third kappa shape index (κ3) is 4.81. The van der Waals surface area contributed by atoms with E-state index in [4.69, 9.17) is 23.2 Å². The summed E-state index contributed by atoms with van der Waals surface area (Å²) in [5.41, 5.74) is 0.598. The number of pyridine rings is 1. The Hall–Kier alpha value is -2.85. The van der Waals surface area contributed by atoms with Crippen LogP contribution in [-0.4, -0.2) is 77.2 Å². The minimum absolute atomic E-state index is 0.0515. The molecule has 0 aliphatic carbocycles. The molecule has 0 unspecified atom stereocenters. The van der Waals surface area contributed by atoms with Gasteiger partial charge in [-0.25, -0.2) is 14.2 Å². The summed E-state index contributed by atoms with van der Waals surface area (Å²) in [7, 11) is 3.04. The third-order valence-electron chi connectivity index (χ3n) is 5.16. The predicted octanol–water partition coefficient (Wildman–Crippen LogP) is 2.77. The SMILES string of the molecule is Cc1[nH]c(C(=O)N[C@@H]2CCN(c3cc(C(=O)O)nc(C(=O)N(C)C)c3)C[C@@H]2F)c(Cl)c1Cl. The molecule has 1 aliphatic heterocycles. The van der Waals surface area contributed by atoms with Crippen LogP contribution in [0.25, 0.3) is 0 Å². The second-order valence-electron chi connectivity index (χ2n) is 7.68. The molecule has 172 valence electrons. The van der Waals surface area contributed by atoms with Crippen molar-refractivity contribution in [3.05, 3.63) is 45.0 Å². The largest absolute Gasteiger partial charge is 0.477 e. The lowest BCUT2D eigenvalue weighted by Gasteiger charge is -2.36. The Balaban J connectivity index is 1.76. The first-order valence-corrected chi connectivity index (χ1v) is 10.5. The number of carboxylic acids is 1. The van der Waals surface area contributed by atoms with E-state index in [0.29, 0.717) is 17.9 Å². The molecule has 32 heavy (non-hydrogen) atoms. The van der Waals surface area contributed by atoms with Crippen molar-refractivity contribution in [3.8, 4) is 0 Å². The zero-order valence-corrected chi connectivity index (χ0v) is 19.1. The maximum atomic E-state index is 15.0. The molecule has 9 nitrogen and oxygen atoms in total. The van der Waals surface area contributed by atoms with Gasteiger partial charge in [-0.15, -0.1) is 0 Å². The van der Waals surface area contributed by atoms with Crippen LogP contribution in [0.15, 0.2) is 12.1 Å². The van der Waals surface area contributed by atoms with Crippen molar-refractivity contribution in [1.29, 1.82) is 0 Å². The number of anilines is 1. The maximum Gasteiger partial charge on any atom is 0.354 e. The summed E-state index contributed by atoms with van der Waals surface area (Å²) in [5.74, 6) is -2.33. The van der Waals surface area contributed by atoms with Crippen LogP contribution in [0.1, 0.15) is 43.6 Å². The summed E-state index contributed by atoms with van der Waals surface area (Å²) in [4.78, 5) is 45.8. The fraction of sp³-hybridized carbons (Fsp3) is 0.400. The molecule has 0 saturated carbocycles. The fourth-order valence-electron chi connectivity index (χ4n) is 3.42. The Morgan fingerprint density at radius 3 is 2.44 bits per heavy atom. The molecule has 12 heteroatoms. The second kappa shape index (κ2) is 9.33. The van der Waals surface area contributed by atoms with Gasteiger partial charge in [0, 0.05) is 32.0 Å². The summed E-state index contributed by atoms with van der Waals surface area (Å²) in [6, 6.07) is 1.95. The molecule has 1 aliphatic rings. The molecule has 0 bridgehead atoms. The van der Waals surface area contributed by atoms with Crippen molar-refractivity contribution in [2.45, 2.75) is 25.6 Å². The van der Waals surface area contributed by atoms with Crippen molar-refractivity contribution in [3.63, 3.8) is 0 Å². The topological polar surface area (TPSA) is 119 Å². The first kappa shape index (κ1) is 23.8. The van der Waals surface area contributed by atoms with Gasteiger partial charge < -0.3 is 25.2 Å². The number of aryl methyl sites for hydroxylation is 1. The zero-order valence-electron chi connectivity index (χ0n) is 17.6. The van der Waals surface area contributed by atoms with Crippen LogP contribution in [0.2, 0.25) is 10.0 Å². The fourth-order valence-corrected chi connectivity index (χ4v) is 3.83. The number of aromatic amines is 1. The van der Waals surface area contributed by atoms with Crippen LogP contribution in [0, 0.1) is 6.92 Å². The number of aromatic carboxylic acids is 1. The van der Waals surface area contributed by atoms with Crippen molar-refractivity contribution >= 4 is 46.7 Å². The Labute approximate surface area is 193 Å². The van der Waals surface area contributed by atoms with E-state index in [1.807, 2.05) is 0 Å². The average Bonchev–Trinajstić information content (AvgIpc) is 3.01. The van der Waals surface area contributed by atoms with Crippen LogP contribution < -0.4 is 10.2 Å². The Bertz CT molecular complexity index is 1070. The molecule has 1 fully saturated rings. The van der Waals surface area contributed by atoms with E-state index in [0.717, 1.165) is 0 Å². The van der Waals surface area contributed by atoms with Gasteiger partial charge in [-0.05, 0) is 25.5 Å². The number of carbonyl (C=O) groups is 3. The number of hydrogen-bond acceptors (Lipinski definition) is 5. The van der Waals surface area contributed by atoms with Crippen molar-refractivity contribution in [1.82, 2.24) is 20.2 Å². The quantitative estimate of drug-likeness (QED) is 0.598. The summed E-state index contributed by atoms with van der Waals surface area (Å²) in [5, 5.41) is 12.3. The van der Waals surface area contributed by atoms with Crippen LogP contribution in [-0.2, 0) is 0 Å². The third-order valence-corrected chi connectivity index (χ3v) is 6.11. The van der Waals surface area contributed by atoms with Gasteiger partial charge in [-0.1, -0.05) is 23.2 Å². The number of carboxylic acid groups (broad SMARTS) is 1. The Morgan fingerprint density at radius 2 is 1.91 bits per heavy atom. The monoisotopic (exact) mass is 485 g/mol. The summed E-state index contributed by atoms with van der Waals surface area (Å²) >= 11 is 12.1. The number of aromatic nitrogens is 2. The highest BCUT2D eigenvalue weighted by molar-refractivity contribution is 6.44. The van der Waals surface area contributed by atoms with Gasteiger partial charge in [0.05, 0.1) is 22.6 Å². The lowest BCUT2D eigenvalue weighted by Crippen LogP contribution is -2.52. The molecule has 2 aromatic heterocycles. The number of nitrogens with one attached hydrogen (secondary N) is 2. The van der Waals surface area contributed by atoms with Gasteiger partial charge in [-0.3, -0.25) is 9.59 Å². The van der Waals surface area contributed by atoms with E-state index >= 15 is 0 Å². The number of alkyl halides is 1. The van der Waals surface area contributed by atoms with Gasteiger partial charge in [-0.2, -0.15) is 0 Å². The minimum Gasteiger partial charge on any atom is -0.477 e. The smallest absolute Gasteiger partial charge is 0.354 e. The number of H-pyrrole nitrogens is 1. The van der Waals surface area contributed by atoms with Crippen LogP contribution in [0.3, 0.4) is 0 Å². The molecule has 2 atom stereocenters. The molecular formula is C20H22Cl2FN5O4. The normalized spacial score (nSPS) is 18.4.